The summed E-state index contributed by atoms with van der Waals surface area (Å²) in [7, 11) is 0. The summed E-state index contributed by atoms with van der Waals surface area (Å²) in [5.41, 5.74) is 2.66. The van der Waals surface area contributed by atoms with Gasteiger partial charge in [-0.2, -0.15) is 4.99 Å². The summed E-state index contributed by atoms with van der Waals surface area (Å²) in [4.78, 5) is 28.4. The third kappa shape index (κ3) is 5.14. The molecule has 0 atom stereocenters. The Kier molecular flexibility index (Phi) is 6.75. The number of carbonyl (C=O) groups is 2. The highest BCUT2D eigenvalue weighted by Gasteiger charge is 2.20. The minimum atomic E-state index is -0.186. The molecule has 1 heterocycles. The number of carbonyl (C=O) groups excluding carboxylic acids is 2. The topological polar surface area (TPSA) is 55.7 Å². The van der Waals surface area contributed by atoms with E-state index in [1.165, 1.54) is 23.5 Å². The van der Waals surface area contributed by atoms with E-state index in [1.54, 1.807) is 0 Å². The van der Waals surface area contributed by atoms with Crippen molar-refractivity contribution in [3.63, 3.8) is 0 Å². The van der Waals surface area contributed by atoms with Gasteiger partial charge in [-0.15, -0.1) is 11.8 Å². The van der Waals surface area contributed by atoms with Crippen LogP contribution in [0.2, 0.25) is 0 Å². The van der Waals surface area contributed by atoms with Gasteiger partial charge < -0.3 is 4.74 Å². The van der Waals surface area contributed by atoms with E-state index < -0.39 is 0 Å². The quantitative estimate of drug-likeness (QED) is 0.468. The fourth-order valence-corrected chi connectivity index (χ4v) is 3.98. The molecule has 0 N–H and O–H groups in total. The van der Waals surface area contributed by atoms with Crippen molar-refractivity contribution in [1.29, 1.82) is 0 Å². The van der Waals surface area contributed by atoms with E-state index in [0.717, 1.165) is 26.8 Å². The summed E-state index contributed by atoms with van der Waals surface area (Å²) in [6, 6.07) is 15.1. The molecule has 1 aliphatic heterocycles. The van der Waals surface area contributed by atoms with Crippen LogP contribution < -0.4 is 4.74 Å². The zero-order valence-electron chi connectivity index (χ0n) is 16.0. The van der Waals surface area contributed by atoms with Crippen LogP contribution in [0.4, 0.5) is 0 Å². The van der Waals surface area contributed by atoms with Crippen LogP contribution in [0.25, 0.3) is 6.08 Å². The fraction of sp³-hybridized carbons (Fsp3) is 0.227. The Balaban J connectivity index is 1.58. The first-order valence-corrected chi connectivity index (χ1v) is 10.9. The molecular formula is C22H21NO3S2. The molecule has 1 amide bonds. The Labute approximate surface area is 173 Å². The number of nitrogens with zero attached hydrogens (tertiary/aromatic N) is 1. The second kappa shape index (κ2) is 9.26. The Bertz CT molecular complexity index is 929. The summed E-state index contributed by atoms with van der Waals surface area (Å²) in [5, 5.41) is 0. The molecule has 2 aromatic rings. The molecule has 3 rings (SSSR count). The lowest BCUT2D eigenvalue weighted by molar-refractivity contribution is -0.113. The van der Waals surface area contributed by atoms with Gasteiger partial charge in [0.15, 0.2) is 5.78 Å². The van der Waals surface area contributed by atoms with E-state index in [4.69, 9.17) is 4.74 Å². The molecule has 2 aromatic carbocycles. The minimum absolute atomic E-state index is 0.00705. The van der Waals surface area contributed by atoms with Gasteiger partial charge in [0.25, 0.3) is 5.91 Å². The van der Waals surface area contributed by atoms with E-state index in [1.807, 2.05) is 74.7 Å². The van der Waals surface area contributed by atoms with E-state index in [9.17, 15) is 9.59 Å². The third-order valence-electron chi connectivity index (χ3n) is 4.12. The van der Waals surface area contributed by atoms with Crippen molar-refractivity contribution in [2.45, 2.75) is 20.5 Å². The Morgan fingerprint density at radius 3 is 2.39 bits per heavy atom. The predicted molar refractivity (Wildman–Crippen MR) is 118 cm³/mol. The van der Waals surface area contributed by atoms with E-state index in [2.05, 4.69) is 4.99 Å². The molecule has 0 fully saturated rings. The average Bonchev–Trinajstić information content (AvgIpc) is 3.06. The van der Waals surface area contributed by atoms with Crippen LogP contribution >= 0.6 is 23.5 Å². The van der Waals surface area contributed by atoms with E-state index >= 15 is 0 Å². The largest absolute Gasteiger partial charge is 0.489 e. The van der Waals surface area contributed by atoms with Gasteiger partial charge in [0.1, 0.15) is 16.7 Å². The summed E-state index contributed by atoms with van der Waals surface area (Å²) in [6.07, 6.45) is 3.75. The van der Waals surface area contributed by atoms with Crippen molar-refractivity contribution in [3.05, 3.63) is 70.1 Å². The van der Waals surface area contributed by atoms with Gasteiger partial charge >= 0.3 is 0 Å². The van der Waals surface area contributed by atoms with Gasteiger partial charge in [-0.1, -0.05) is 62.0 Å². The number of amides is 1. The number of aliphatic imine (C=N–C) groups is 1. The molecular weight excluding hydrogens is 390 g/mol. The number of hydrogen-bond donors (Lipinski definition) is 0. The zero-order chi connectivity index (χ0) is 20.1. The lowest BCUT2D eigenvalue weighted by Gasteiger charge is -2.08. The summed E-state index contributed by atoms with van der Waals surface area (Å²) in [6.45, 7) is 4.22. The second-order valence-electron chi connectivity index (χ2n) is 6.57. The van der Waals surface area contributed by atoms with Crippen molar-refractivity contribution in [2.75, 3.05) is 6.26 Å². The molecule has 28 heavy (non-hydrogen) atoms. The van der Waals surface area contributed by atoms with Gasteiger partial charge in [0.2, 0.25) is 0 Å². The van der Waals surface area contributed by atoms with Crippen LogP contribution in [0.3, 0.4) is 0 Å². The number of Topliss-reactive ketones (excluding diaryl/α,β-unsaturated/α-hetero) is 1. The average molecular weight is 412 g/mol. The van der Waals surface area contributed by atoms with Crippen LogP contribution in [-0.2, 0) is 11.4 Å². The fourth-order valence-electron chi connectivity index (χ4n) is 2.55. The number of benzene rings is 2. The number of ketones is 1. The molecule has 0 aromatic heterocycles. The molecule has 0 aliphatic carbocycles. The van der Waals surface area contributed by atoms with Crippen molar-refractivity contribution in [2.24, 2.45) is 10.9 Å². The molecule has 0 saturated carbocycles. The van der Waals surface area contributed by atoms with Crippen LogP contribution in [0.15, 0.2) is 58.4 Å². The lowest BCUT2D eigenvalue weighted by Crippen LogP contribution is -2.07. The van der Waals surface area contributed by atoms with E-state index in [0.29, 0.717) is 11.5 Å². The Morgan fingerprint density at radius 2 is 1.82 bits per heavy atom. The third-order valence-corrected chi connectivity index (χ3v) is 6.09. The van der Waals surface area contributed by atoms with Crippen molar-refractivity contribution in [1.82, 2.24) is 0 Å². The molecule has 1 aliphatic rings. The highest BCUT2D eigenvalue weighted by atomic mass is 32.2. The van der Waals surface area contributed by atoms with Gasteiger partial charge in [0, 0.05) is 11.5 Å². The van der Waals surface area contributed by atoms with Crippen LogP contribution in [-0.4, -0.2) is 22.3 Å². The SMILES string of the molecule is CSC1=NC(=O)/C(=C/c2ccc(OCc3ccc(C(=O)C(C)C)cc3)cc2)S1. The standard InChI is InChI=1S/C22H21NO3S2/c1-14(2)20(24)17-8-4-16(5-9-17)13-26-18-10-6-15(7-11-18)12-19-21(25)23-22(27-3)28-19/h4-12,14H,13H2,1-3H3/b19-12-. The monoisotopic (exact) mass is 411 g/mol. The first kappa shape index (κ1) is 20.4. The lowest BCUT2D eigenvalue weighted by atomic mass is 10.0. The Hall–Kier alpha value is -2.31. The highest BCUT2D eigenvalue weighted by Crippen LogP contribution is 2.32. The molecule has 0 spiro atoms. The molecule has 144 valence electrons. The van der Waals surface area contributed by atoms with Crippen LogP contribution in [0.5, 0.6) is 5.75 Å². The van der Waals surface area contributed by atoms with Crippen molar-refractivity contribution >= 4 is 45.7 Å². The second-order valence-corrected chi connectivity index (χ2v) is 8.66. The van der Waals surface area contributed by atoms with Crippen molar-refractivity contribution < 1.29 is 14.3 Å². The van der Waals surface area contributed by atoms with Gasteiger partial charge in [0.05, 0.1) is 4.91 Å². The van der Waals surface area contributed by atoms with Gasteiger partial charge in [-0.3, -0.25) is 9.59 Å². The van der Waals surface area contributed by atoms with Crippen molar-refractivity contribution in [3.8, 4) is 5.75 Å². The number of ether oxygens (including phenoxy) is 1. The smallest absolute Gasteiger partial charge is 0.285 e. The van der Waals surface area contributed by atoms with Gasteiger partial charge in [-0.25, -0.2) is 0 Å². The van der Waals surface area contributed by atoms with Crippen LogP contribution in [0, 0.1) is 5.92 Å². The molecule has 6 heteroatoms. The molecule has 4 nitrogen and oxygen atoms in total. The minimum Gasteiger partial charge on any atom is -0.489 e. The molecule has 0 radical (unpaired) electrons. The summed E-state index contributed by atoms with van der Waals surface area (Å²) >= 11 is 2.87. The normalized spacial score (nSPS) is 15.2. The summed E-state index contributed by atoms with van der Waals surface area (Å²) in [5.74, 6) is 0.698. The maximum atomic E-state index is 12.0. The maximum absolute atomic E-state index is 12.0. The van der Waals surface area contributed by atoms with E-state index in [-0.39, 0.29) is 17.6 Å². The first-order valence-electron chi connectivity index (χ1n) is 8.89. The van der Waals surface area contributed by atoms with Gasteiger partial charge in [-0.05, 0) is 35.6 Å². The summed E-state index contributed by atoms with van der Waals surface area (Å²) < 4.78 is 6.59. The molecule has 0 unspecified atom stereocenters. The highest BCUT2D eigenvalue weighted by molar-refractivity contribution is 8.40. The number of rotatable bonds is 6. The zero-order valence-corrected chi connectivity index (χ0v) is 17.6. The number of hydrogen-bond acceptors (Lipinski definition) is 5. The molecule has 0 bridgehead atoms. The van der Waals surface area contributed by atoms with Crippen LogP contribution in [0.1, 0.15) is 35.3 Å². The Morgan fingerprint density at radius 1 is 1.14 bits per heavy atom. The maximum Gasteiger partial charge on any atom is 0.285 e. The number of thioether (sulfide) groups is 2. The molecule has 0 saturated heterocycles. The predicted octanol–water partition coefficient (Wildman–Crippen LogP) is 5.44. The first-order chi connectivity index (χ1) is 13.5.